The van der Waals surface area contributed by atoms with Crippen LogP contribution in [0.3, 0.4) is 0 Å². The van der Waals surface area contributed by atoms with Crippen molar-refractivity contribution in [2.45, 2.75) is 13.8 Å². The lowest BCUT2D eigenvalue weighted by atomic mass is 10.1. The van der Waals surface area contributed by atoms with Crippen molar-refractivity contribution in [2.75, 3.05) is 6.61 Å². The number of hydrogen-bond acceptors (Lipinski definition) is 4. The van der Waals surface area contributed by atoms with Crippen molar-refractivity contribution >= 4 is 22.6 Å². The molecule has 0 aliphatic heterocycles. The van der Waals surface area contributed by atoms with Crippen molar-refractivity contribution in [1.82, 2.24) is 0 Å². The Morgan fingerprint density at radius 1 is 1.33 bits per heavy atom. The number of rotatable bonds is 3. The molecule has 0 amide bonds. The SMILES string of the molecule is CCOc1c(-c2ccco2)oc2cc(C)c(Cl)cc2c1=O. The van der Waals surface area contributed by atoms with Crippen LogP contribution >= 0.6 is 11.6 Å². The second-order valence-electron chi connectivity index (χ2n) is 4.60. The van der Waals surface area contributed by atoms with Gasteiger partial charge in [-0.25, -0.2) is 0 Å². The summed E-state index contributed by atoms with van der Waals surface area (Å²) >= 11 is 6.09. The molecule has 0 saturated heterocycles. The number of fused-ring (bicyclic) bond motifs is 1. The minimum Gasteiger partial charge on any atom is -0.486 e. The lowest BCUT2D eigenvalue weighted by molar-refractivity contribution is 0.328. The van der Waals surface area contributed by atoms with Crippen molar-refractivity contribution < 1.29 is 13.6 Å². The molecule has 5 heteroatoms. The molecule has 0 fully saturated rings. The summed E-state index contributed by atoms with van der Waals surface area (Å²) in [6, 6.07) is 6.78. The third-order valence-electron chi connectivity index (χ3n) is 3.16. The Balaban J connectivity index is 2.39. The molecular formula is C16H13ClO4. The molecule has 0 N–H and O–H groups in total. The van der Waals surface area contributed by atoms with Crippen molar-refractivity contribution in [3.63, 3.8) is 0 Å². The molecule has 2 aromatic heterocycles. The van der Waals surface area contributed by atoms with Crippen LogP contribution in [0.15, 0.2) is 44.2 Å². The van der Waals surface area contributed by atoms with E-state index in [1.807, 2.05) is 6.92 Å². The van der Waals surface area contributed by atoms with Crippen LogP contribution in [-0.2, 0) is 0 Å². The first kappa shape index (κ1) is 13.8. The Bertz CT molecular complexity index is 847. The zero-order valence-corrected chi connectivity index (χ0v) is 12.4. The van der Waals surface area contributed by atoms with Gasteiger partial charge in [-0.1, -0.05) is 11.6 Å². The van der Waals surface area contributed by atoms with E-state index in [4.69, 9.17) is 25.2 Å². The maximum Gasteiger partial charge on any atom is 0.235 e. The smallest absolute Gasteiger partial charge is 0.235 e. The van der Waals surface area contributed by atoms with E-state index in [-0.39, 0.29) is 11.2 Å². The van der Waals surface area contributed by atoms with Crippen molar-refractivity contribution in [3.05, 3.63) is 51.3 Å². The Labute approximate surface area is 125 Å². The molecular weight excluding hydrogens is 292 g/mol. The van der Waals surface area contributed by atoms with Gasteiger partial charge in [0.05, 0.1) is 18.3 Å². The Kier molecular flexibility index (Phi) is 3.47. The van der Waals surface area contributed by atoms with Gasteiger partial charge in [0.25, 0.3) is 0 Å². The highest BCUT2D eigenvalue weighted by atomic mass is 35.5. The van der Waals surface area contributed by atoms with Crippen LogP contribution in [0.4, 0.5) is 0 Å². The molecule has 0 atom stereocenters. The summed E-state index contributed by atoms with van der Waals surface area (Å²) < 4.78 is 16.6. The van der Waals surface area contributed by atoms with Crippen molar-refractivity contribution in [1.29, 1.82) is 0 Å². The first-order chi connectivity index (χ1) is 10.1. The Morgan fingerprint density at radius 3 is 2.81 bits per heavy atom. The maximum atomic E-state index is 12.6. The van der Waals surface area contributed by atoms with Crippen molar-refractivity contribution in [3.8, 4) is 17.3 Å². The van der Waals surface area contributed by atoms with Gasteiger partial charge in [-0.05, 0) is 43.7 Å². The fourth-order valence-corrected chi connectivity index (χ4v) is 2.31. The summed E-state index contributed by atoms with van der Waals surface area (Å²) in [5.74, 6) is 0.881. The second-order valence-corrected chi connectivity index (χ2v) is 5.00. The molecule has 0 radical (unpaired) electrons. The van der Waals surface area contributed by atoms with Crippen LogP contribution < -0.4 is 10.2 Å². The van der Waals surface area contributed by atoms with E-state index in [1.54, 1.807) is 31.2 Å². The summed E-state index contributed by atoms with van der Waals surface area (Å²) in [4.78, 5) is 12.6. The minimum absolute atomic E-state index is 0.139. The molecule has 0 bridgehead atoms. The summed E-state index contributed by atoms with van der Waals surface area (Å²) in [6.45, 7) is 4.01. The summed E-state index contributed by atoms with van der Waals surface area (Å²) in [7, 11) is 0. The van der Waals surface area contributed by atoms with Gasteiger partial charge in [-0.3, -0.25) is 4.79 Å². The van der Waals surface area contributed by atoms with Crippen LogP contribution in [0.1, 0.15) is 12.5 Å². The molecule has 4 nitrogen and oxygen atoms in total. The first-order valence-corrected chi connectivity index (χ1v) is 6.93. The van der Waals surface area contributed by atoms with Gasteiger partial charge in [0.2, 0.25) is 16.9 Å². The highest BCUT2D eigenvalue weighted by molar-refractivity contribution is 6.32. The summed E-state index contributed by atoms with van der Waals surface area (Å²) in [6.07, 6.45) is 1.52. The van der Waals surface area contributed by atoms with E-state index < -0.39 is 0 Å². The number of halogens is 1. The van der Waals surface area contributed by atoms with E-state index in [0.29, 0.717) is 34.1 Å². The van der Waals surface area contributed by atoms with Gasteiger partial charge < -0.3 is 13.6 Å². The van der Waals surface area contributed by atoms with Crippen LogP contribution in [0.2, 0.25) is 5.02 Å². The third-order valence-corrected chi connectivity index (χ3v) is 3.57. The maximum absolute atomic E-state index is 12.6. The number of aryl methyl sites for hydroxylation is 1. The van der Waals surface area contributed by atoms with E-state index in [2.05, 4.69) is 0 Å². The Morgan fingerprint density at radius 2 is 2.14 bits per heavy atom. The second kappa shape index (κ2) is 5.30. The van der Waals surface area contributed by atoms with Crippen LogP contribution in [0.25, 0.3) is 22.5 Å². The monoisotopic (exact) mass is 304 g/mol. The molecule has 0 aliphatic carbocycles. The highest BCUT2D eigenvalue weighted by Gasteiger charge is 2.19. The molecule has 0 unspecified atom stereocenters. The van der Waals surface area contributed by atoms with Gasteiger partial charge in [0.15, 0.2) is 5.76 Å². The zero-order chi connectivity index (χ0) is 15.0. The topological polar surface area (TPSA) is 52.6 Å². The normalized spacial score (nSPS) is 11.0. The van der Waals surface area contributed by atoms with E-state index in [1.165, 1.54) is 6.26 Å². The number of hydrogen-bond donors (Lipinski definition) is 0. The minimum atomic E-state index is -0.258. The van der Waals surface area contributed by atoms with Crippen molar-refractivity contribution in [2.24, 2.45) is 0 Å². The summed E-state index contributed by atoms with van der Waals surface area (Å²) in [5.41, 5.74) is 1.03. The average Bonchev–Trinajstić information content (AvgIpc) is 2.98. The Hall–Kier alpha value is -2.20. The molecule has 2 heterocycles. The van der Waals surface area contributed by atoms with E-state index in [0.717, 1.165) is 5.56 Å². The molecule has 1 aromatic carbocycles. The fraction of sp³-hybridized carbons (Fsp3) is 0.188. The fourth-order valence-electron chi connectivity index (χ4n) is 2.14. The van der Waals surface area contributed by atoms with E-state index >= 15 is 0 Å². The number of furan rings is 1. The van der Waals surface area contributed by atoms with E-state index in [9.17, 15) is 4.79 Å². The van der Waals surface area contributed by atoms with Gasteiger partial charge >= 0.3 is 0 Å². The predicted octanol–water partition coefficient (Wildman–Crippen LogP) is 4.41. The molecule has 3 aromatic rings. The number of ether oxygens (including phenoxy) is 1. The molecule has 0 saturated carbocycles. The largest absolute Gasteiger partial charge is 0.486 e. The first-order valence-electron chi connectivity index (χ1n) is 6.55. The third kappa shape index (κ3) is 2.32. The highest BCUT2D eigenvalue weighted by Crippen LogP contribution is 2.32. The lowest BCUT2D eigenvalue weighted by Crippen LogP contribution is -2.10. The molecule has 108 valence electrons. The number of benzene rings is 1. The zero-order valence-electron chi connectivity index (χ0n) is 11.6. The molecule has 3 rings (SSSR count). The van der Waals surface area contributed by atoms with Gasteiger partial charge in [0.1, 0.15) is 5.58 Å². The van der Waals surface area contributed by atoms with Gasteiger partial charge in [0, 0.05) is 5.02 Å². The van der Waals surface area contributed by atoms with Crippen LogP contribution in [-0.4, -0.2) is 6.61 Å². The van der Waals surface area contributed by atoms with Gasteiger partial charge in [-0.15, -0.1) is 0 Å². The lowest BCUT2D eigenvalue weighted by Gasteiger charge is -2.09. The standard InChI is InChI=1S/C16H13ClO4/c1-3-19-16-14(18)10-8-11(17)9(2)7-13(10)21-15(16)12-5-4-6-20-12/h4-8H,3H2,1-2H3. The molecule has 0 spiro atoms. The van der Waals surface area contributed by atoms with Crippen LogP contribution in [0, 0.1) is 6.92 Å². The van der Waals surface area contributed by atoms with Gasteiger partial charge in [-0.2, -0.15) is 0 Å². The predicted molar refractivity (Wildman–Crippen MR) is 81.1 cm³/mol. The molecule has 0 aliphatic rings. The quantitative estimate of drug-likeness (QED) is 0.719. The summed E-state index contributed by atoms with van der Waals surface area (Å²) in [5, 5.41) is 0.910. The molecule has 21 heavy (non-hydrogen) atoms. The average molecular weight is 305 g/mol. The van der Waals surface area contributed by atoms with Crippen LogP contribution in [0.5, 0.6) is 5.75 Å².